The third-order valence-electron chi connectivity index (χ3n) is 2.59. The Bertz CT molecular complexity index is 767. The van der Waals surface area contributed by atoms with Crippen molar-refractivity contribution in [3.63, 3.8) is 0 Å². The molecule has 0 radical (unpaired) electrons. The number of furan rings is 1. The van der Waals surface area contributed by atoms with Gasteiger partial charge in [-0.15, -0.1) is 0 Å². The predicted octanol–water partition coefficient (Wildman–Crippen LogP) is 2.18. The predicted molar refractivity (Wildman–Crippen MR) is 71.2 cm³/mol. The molecule has 6 nitrogen and oxygen atoms in total. The van der Waals surface area contributed by atoms with E-state index in [2.05, 4.69) is 20.3 Å². The summed E-state index contributed by atoms with van der Waals surface area (Å²) in [6, 6.07) is 5.02. The van der Waals surface area contributed by atoms with E-state index in [1.54, 1.807) is 18.5 Å². The van der Waals surface area contributed by atoms with E-state index in [0.717, 1.165) is 5.76 Å². The molecule has 0 aliphatic rings. The van der Waals surface area contributed by atoms with Crippen LogP contribution < -0.4 is 10.7 Å². The Morgan fingerprint density at radius 1 is 1.37 bits per heavy atom. The van der Waals surface area contributed by atoms with Crippen LogP contribution in [-0.4, -0.2) is 15.0 Å². The van der Waals surface area contributed by atoms with Crippen molar-refractivity contribution < 1.29 is 4.42 Å². The number of fused-ring (bicyclic) bond motifs is 1. The molecule has 0 fully saturated rings. The molecule has 19 heavy (non-hydrogen) atoms. The lowest BCUT2D eigenvalue weighted by molar-refractivity contribution is 0.518. The Hall–Kier alpha value is -2.34. The van der Waals surface area contributed by atoms with Gasteiger partial charge in [0.25, 0.3) is 0 Å². The van der Waals surface area contributed by atoms with E-state index in [9.17, 15) is 4.79 Å². The number of H-pyrrole nitrogens is 1. The lowest BCUT2D eigenvalue weighted by Gasteiger charge is -2.07. The van der Waals surface area contributed by atoms with Crippen LogP contribution >= 0.6 is 11.6 Å². The van der Waals surface area contributed by atoms with Crippen molar-refractivity contribution >= 4 is 28.5 Å². The largest absolute Gasteiger partial charge is 0.467 e. The van der Waals surface area contributed by atoms with Gasteiger partial charge in [-0.3, -0.25) is 4.79 Å². The van der Waals surface area contributed by atoms with Crippen molar-refractivity contribution in [2.75, 3.05) is 5.32 Å². The number of anilines is 1. The molecule has 3 heterocycles. The summed E-state index contributed by atoms with van der Waals surface area (Å²) in [7, 11) is 0. The Morgan fingerprint density at radius 3 is 3.05 bits per heavy atom. The first-order valence-electron chi connectivity index (χ1n) is 5.55. The van der Waals surface area contributed by atoms with Gasteiger partial charge in [0.1, 0.15) is 16.8 Å². The number of rotatable bonds is 3. The summed E-state index contributed by atoms with van der Waals surface area (Å²) in [6.07, 6.45) is 3.13. The number of hydrogen-bond acceptors (Lipinski definition) is 5. The van der Waals surface area contributed by atoms with Crippen molar-refractivity contribution in [2.24, 2.45) is 0 Å². The lowest BCUT2D eigenvalue weighted by Crippen LogP contribution is -2.08. The molecule has 3 aromatic rings. The second-order valence-electron chi connectivity index (χ2n) is 3.84. The summed E-state index contributed by atoms with van der Waals surface area (Å²) >= 11 is 5.82. The van der Waals surface area contributed by atoms with Crippen molar-refractivity contribution in [3.05, 3.63) is 51.9 Å². The number of nitrogens with one attached hydrogen (secondary N) is 2. The zero-order valence-corrected chi connectivity index (χ0v) is 10.4. The highest BCUT2D eigenvalue weighted by Crippen LogP contribution is 2.18. The minimum Gasteiger partial charge on any atom is -0.467 e. The lowest BCUT2D eigenvalue weighted by atomic mass is 10.3. The second kappa shape index (κ2) is 4.74. The smallest absolute Gasteiger partial charge is 0.225 e. The molecule has 0 saturated carbocycles. The van der Waals surface area contributed by atoms with E-state index in [4.69, 9.17) is 16.0 Å². The molecule has 0 bridgehead atoms. The van der Waals surface area contributed by atoms with Gasteiger partial charge in [0.05, 0.1) is 12.8 Å². The second-order valence-corrected chi connectivity index (χ2v) is 4.18. The van der Waals surface area contributed by atoms with E-state index in [1.165, 1.54) is 6.07 Å². The van der Waals surface area contributed by atoms with Gasteiger partial charge in [0.15, 0.2) is 5.82 Å². The highest BCUT2D eigenvalue weighted by atomic mass is 35.5. The zero-order chi connectivity index (χ0) is 13.2. The summed E-state index contributed by atoms with van der Waals surface area (Å²) in [4.78, 5) is 22.6. The van der Waals surface area contributed by atoms with Crippen LogP contribution in [0.25, 0.3) is 11.0 Å². The Kier molecular flexibility index (Phi) is 2.92. The van der Waals surface area contributed by atoms with E-state index in [0.29, 0.717) is 17.9 Å². The SMILES string of the molecule is O=c1cc[nH]c2c(NCc3ccco3)nc(Cl)nc12. The fraction of sp³-hybridized carbons (Fsp3) is 0.0833. The molecular formula is C12H9ClN4O2. The van der Waals surface area contributed by atoms with Gasteiger partial charge in [-0.2, -0.15) is 4.98 Å². The van der Waals surface area contributed by atoms with Gasteiger partial charge in [0.2, 0.25) is 10.7 Å². The molecule has 0 aromatic carbocycles. The van der Waals surface area contributed by atoms with Crippen molar-refractivity contribution in [1.82, 2.24) is 15.0 Å². The standard InChI is InChI=1S/C12H9ClN4O2/c13-12-16-9-8(18)3-4-14-10(9)11(17-12)15-6-7-2-1-5-19-7/h1-5H,6H2,(H,14,18)(H,15,16,17). The Balaban J connectivity index is 2.03. The number of halogens is 1. The van der Waals surface area contributed by atoms with Crippen LogP contribution in [0.4, 0.5) is 5.82 Å². The average molecular weight is 277 g/mol. The fourth-order valence-electron chi connectivity index (χ4n) is 1.74. The minimum atomic E-state index is -0.209. The molecule has 0 aliphatic heterocycles. The molecule has 0 unspecified atom stereocenters. The summed E-state index contributed by atoms with van der Waals surface area (Å²) < 4.78 is 5.21. The molecule has 0 amide bonds. The van der Waals surface area contributed by atoms with Crippen LogP contribution in [0.2, 0.25) is 5.28 Å². The van der Waals surface area contributed by atoms with Crippen LogP contribution in [0.5, 0.6) is 0 Å². The van der Waals surface area contributed by atoms with E-state index >= 15 is 0 Å². The monoisotopic (exact) mass is 276 g/mol. The van der Waals surface area contributed by atoms with Crippen LogP contribution in [-0.2, 0) is 6.54 Å². The van der Waals surface area contributed by atoms with E-state index < -0.39 is 0 Å². The van der Waals surface area contributed by atoms with Gasteiger partial charge in [-0.1, -0.05) is 0 Å². The van der Waals surface area contributed by atoms with Crippen LogP contribution in [0.1, 0.15) is 5.76 Å². The summed E-state index contributed by atoms with van der Waals surface area (Å²) in [5.41, 5.74) is 0.562. The van der Waals surface area contributed by atoms with Gasteiger partial charge in [-0.25, -0.2) is 4.98 Å². The van der Waals surface area contributed by atoms with Crippen molar-refractivity contribution in [1.29, 1.82) is 0 Å². The first kappa shape index (κ1) is 11.7. The maximum atomic E-state index is 11.7. The molecule has 2 N–H and O–H groups in total. The number of hydrogen-bond donors (Lipinski definition) is 2. The molecule has 0 aliphatic carbocycles. The first-order valence-corrected chi connectivity index (χ1v) is 5.93. The molecule has 96 valence electrons. The average Bonchev–Trinajstić information content (AvgIpc) is 2.90. The van der Waals surface area contributed by atoms with Crippen LogP contribution in [0.15, 0.2) is 39.9 Å². The molecule has 3 rings (SSSR count). The highest BCUT2D eigenvalue weighted by molar-refractivity contribution is 6.28. The summed E-state index contributed by atoms with van der Waals surface area (Å²) in [5, 5.41) is 3.08. The fourth-order valence-corrected chi connectivity index (χ4v) is 1.91. The van der Waals surface area contributed by atoms with E-state index in [1.807, 2.05) is 6.07 Å². The molecule has 0 atom stereocenters. The maximum absolute atomic E-state index is 11.7. The highest BCUT2D eigenvalue weighted by Gasteiger charge is 2.09. The number of aromatic nitrogens is 3. The molecule has 3 aromatic heterocycles. The number of pyridine rings is 1. The Morgan fingerprint density at radius 2 is 2.26 bits per heavy atom. The van der Waals surface area contributed by atoms with Gasteiger partial charge in [0, 0.05) is 12.3 Å². The maximum Gasteiger partial charge on any atom is 0.225 e. The number of aromatic amines is 1. The van der Waals surface area contributed by atoms with Gasteiger partial charge < -0.3 is 14.7 Å². The summed E-state index contributed by atoms with van der Waals surface area (Å²) in [5.74, 6) is 1.21. The quantitative estimate of drug-likeness (QED) is 0.716. The third kappa shape index (κ3) is 2.30. The first-order chi connectivity index (χ1) is 9.24. The van der Waals surface area contributed by atoms with Gasteiger partial charge >= 0.3 is 0 Å². The molecule has 0 spiro atoms. The van der Waals surface area contributed by atoms with Crippen molar-refractivity contribution in [2.45, 2.75) is 6.54 Å². The minimum absolute atomic E-state index is 0.0196. The molecule has 7 heteroatoms. The Labute approximate surface area is 112 Å². The normalized spacial score (nSPS) is 10.8. The summed E-state index contributed by atoms with van der Waals surface area (Å²) in [6.45, 7) is 0.437. The third-order valence-corrected chi connectivity index (χ3v) is 2.76. The van der Waals surface area contributed by atoms with Crippen LogP contribution in [0, 0.1) is 0 Å². The van der Waals surface area contributed by atoms with Crippen molar-refractivity contribution in [3.8, 4) is 0 Å². The zero-order valence-electron chi connectivity index (χ0n) is 9.68. The molecular weight excluding hydrogens is 268 g/mol. The van der Waals surface area contributed by atoms with Gasteiger partial charge in [-0.05, 0) is 23.7 Å². The molecule has 0 saturated heterocycles. The topological polar surface area (TPSA) is 83.8 Å². The number of nitrogens with zero attached hydrogens (tertiary/aromatic N) is 2. The van der Waals surface area contributed by atoms with E-state index in [-0.39, 0.29) is 16.2 Å². The van der Waals surface area contributed by atoms with Crippen LogP contribution in [0.3, 0.4) is 0 Å².